The van der Waals surface area contributed by atoms with Gasteiger partial charge >= 0.3 is 0 Å². The standard InChI is InChI=1S/C14H24N4O2S.HI/c1-11(2)9-16-14(15)17-10-12-7-5-6-8-13(12)21(19,20)18(3)4;/h5-8,11H,9-10H2,1-4H3,(H3,15,16,17);1H. The molecule has 3 N–H and O–H groups in total. The Bertz CT molecular complexity index is 601. The quantitative estimate of drug-likeness (QED) is 0.400. The van der Waals surface area contributed by atoms with Crippen LogP contribution in [0.4, 0.5) is 0 Å². The molecule has 0 aromatic heterocycles. The SMILES string of the molecule is CC(C)CNC(N)=NCc1ccccc1S(=O)(=O)N(C)C.I. The first-order valence-corrected chi connectivity index (χ1v) is 8.23. The van der Waals surface area contributed by atoms with Crippen LogP contribution in [0.5, 0.6) is 0 Å². The van der Waals surface area contributed by atoms with E-state index in [0.717, 1.165) is 6.54 Å². The van der Waals surface area contributed by atoms with Crippen molar-refractivity contribution in [2.75, 3.05) is 20.6 Å². The fraction of sp³-hybridized carbons (Fsp3) is 0.500. The highest BCUT2D eigenvalue weighted by atomic mass is 127. The van der Waals surface area contributed by atoms with Gasteiger partial charge in [-0.15, -0.1) is 24.0 Å². The Morgan fingerprint density at radius 2 is 1.91 bits per heavy atom. The van der Waals surface area contributed by atoms with Gasteiger partial charge in [0.15, 0.2) is 5.96 Å². The molecule has 0 saturated carbocycles. The van der Waals surface area contributed by atoms with Crippen molar-refractivity contribution >= 4 is 40.0 Å². The average molecular weight is 440 g/mol. The van der Waals surface area contributed by atoms with Crippen molar-refractivity contribution < 1.29 is 8.42 Å². The Kier molecular flexibility index (Phi) is 8.94. The Morgan fingerprint density at radius 1 is 1.32 bits per heavy atom. The first-order chi connectivity index (χ1) is 9.75. The van der Waals surface area contributed by atoms with E-state index in [1.165, 1.54) is 18.4 Å². The number of aliphatic imine (C=N–C) groups is 1. The Morgan fingerprint density at radius 3 is 2.45 bits per heavy atom. The summed E-state index contributed by atoms with van der Waals surface area (Å²) in [5, 5.41) is 3.00. The van der Waals surface area contributed by atoms with E-state index in [9.17, 15) is 8.42 Å². The van der Waals surface area contributed by atoms with Gasteiger partial charge in [0.25, 0.3) is 0 Å². The van der Waals surface area contributed by atoms with E-state index in [-0.39, 0.29) is 35.4 Å². The van der Waals surface area contributed by atoms with Crippen molar-refractivity contribution in [3.05, 3.63) is 29.8 Å². The highest BCUT2D eigenvalue weighted by Crippen LogP contribution is 2.19. The summed E-state index contributed by atoms with van der Waals surface area (Å²) >= 11 is 0. The van der Waals surface area contributed by atoms with Gasteiger partial charge in [-0.3, -0.25) is 0 Å². The van der Waals surface area contributed by atoms with Crippen molar-refractivity contribution in [1.82, 2.24) is 9.62 Å². The lowest BCUT2D eigenvalue weighted by Crippen LogP contribution is -2.34. The molecular weight excluding hydrogens is 415 g/mol. The van der Waals surface area contributed by atoms with Crippen molar-refractivity contribution in [3.63, 3.8) is 0 Å². The fourth-order valence-corrected chi connectivity index (χ4v) is 2.73. The number of nitrogens with two attached hydrogens (primary N) is 1. The van der Waals surface area contributed by atoms with E-state index < -0.39 is 10.0 Å². The van der Waals surface area contributed by atoms with E-state index in [0.29, 0.717) is 17.4 Å². The molecule has 8 heteroatoms. The van der Waals surface area contributed by atoms with Crippen LogP contribution in [0.25, 0.3) is 0 Å². The summed E-state index contributed by atoms with van der Waals surface area (Å²) in [7, 11) is -0.463. The molecule has 0 amide bonds. The maximum Gasteiger partial charge on any atom is 0.242 e. The Labute approximate surface area is 150 Å². The minimum absolute atomic E-state index is 0. The summed E-state index contributed by atoms with van der Waals surface area (Å²) in [4.78, 5) is 4.46. The molecule has 0 saturated heterocycles. The molecular formula is C14H25IN4O2S. The van der Waals surface area contributed by atoms with Gasteiger partial charge in [0.2, 0.25) is 10.0 Å². The third kappa shape index (κ3) is 6.09. The number of halogens is 1. The zero-order valence-electron chi connectivity index (χ0n) is 13.4. The smallest absolute Gasteiger partial charge is 0.242 e. The lowest BCUT2D eigenvalue weighted by molar-refractivity contribution is 0.519. The minimum atomic E-state index is -3.48. The molecule has 1 rings (SSSR count). The maximum absolute atomic E-state index is 12.2. The first-order valence-electron chi connectivity index (χ1n) is 6.79. The van der Waals surface area contributed by atoms with Gasteiger partial charge in [0, 0.05) is 20.6 Å². The summed E-state index contributed by atoms with van der Waals surface area (Å²) in [6, 6.07) is 6.81. The number of rotatable bonds is 6. The number of hydrogen-bond donors (Lipinski definition) is 2. The summed E-state index contributed by atoms with van der Waals surface area (Å²) in [5.74, 6) is 0.779. The summed E-state index contributed by atoms with van der Waals surface area (Å²) in [6.45, 7) is 5.09. The predicted octanol–water partition coefficient (Wildman–Crippen LogP) is 1.62. The lowest BCUT2D eigenvalue weighted by Gasteiger charge is -2.14. The predicted molar refractivity (Wildman–Crippen MR) is 101 cm³/mol. The number of sulfonamides is 1. The molecule has 126 valence electrons. The monoisotopic (exact) mass is 440 g/mol. The zero-order valence-corrected chi connectivity index (χ0v) is 16.6. The van der Waals surface area contributed by atoms with Crippen LogP contribution in [-0.2, 0) is 16.6 Å². The van der Waals surface area contributed by atoms with Crippen LogP contribution in [0.2, 0.25) is 0 Å². The van der Waals surface area contributed by atoms with E-state index in [4.69, 9.17) is 5.73 Å². The second-order valence-electron chi connectivity index (χ2n) is 5.37. The molecule has 0 atom stereocenters. The van der Waals surface area contributed by atoms with Crippen molar-refractivity contribution in [3.8, 4) is 0 Å². The molecule has 0 radical (unpaired) electrons. The van der Waals surface area contributed by atoms with Gasteiger partial charge in [-0.05, 0) is 17.5 Å². The second kappa shape index (κ2) is 9.31. The Balaban J connectivity index is 0.00000441. The van der Waals surface area contributed by atoms with Crippen LogP contribution in [0.15, 0.2) is 34.2 Å². The number of hydrogen-bond acceptors (Lipinski definition) is 3. The van der Waals surface area contributed by atoms with Gasteiger partial charge in [-0.1, -0.05) is 32.0 Å². The summed E-state index contributed by atoms with van der Waals surface area (Å²) < 4.78 is 25.7. The Hall–Kier alpha value is -0.870. The molecule has 22 heavy (non-hydrogen) atoms. The highest BCUT2D eigenvalue weighted by Gasteiger charge is 2.20. The molecule has 0 unspecified atom stereocenters. The average Bonchev–Trinajstić information content (AvgIpc) is 2.42. The summed E-state index contributed by atoms with van der Waals surface area (Å²) in [5.41, 5.74) is 6.39. The van der Waals surface area contributed by atoms with Gasteiger partial charge in [-0.2, -0.15) is 0 Å². The first kappa shape index (κ1) is 21.1. The van der Waals surface area contributed by atoms with Crippen LogP contribution >= 0.6 is 24.0 Å². The van der Waals surface area contributed by atoms with Crippen LogP contribution in [0.3, 0.4) is 0 Å². The number of benzene rings is 1. The van der Waals surface area contributed by atoms with Gasteiger partial charge in [-0.25, -0.2) is 17.7 Å². The zero-order chi connectivity index (χ0) is 16.0. The van der Waals surface area contributed by atoms with Crippen molar-refractivity contribution in [1.29, 1.82) is 0 Å². The lowest BCUT2D eigenvalue weighted by atomic mass is 10.2. The van der Waals surface area contributed by atoms with Gasteiger partial charge in [0.1, 0.15) is 0 Å². The minimum Gasteiger partial charge on any atom is -0.370 e. The number of guanidine groups is 1. The second-order valence-corrected chi connectivity index (χ2v) is 7.49. The molecule has 0 fully saturated rings. The fourth-order valence-electron chi connectivity index (χ4n) is 1.62. The molecule has 0 heterocycles. The van der Waals surface area contributed by atoms with Crippen molar-refractivity contribution in [2.45, 2.75) is 25.3 Å². The van der Waals surface area contributed by atoms with Gasteiger partial charge < -0.3 is 11.1 Å². The molecule has 0 aliphatic carbocycles. The molecule has 1 aromatic carbocycles. The number of nitrogens with one attached hydrogen (secondary N) is 1. The van der Waals surface area contributed by atoms with Crippen molar-refractivity contribution in [2.24, 2.45) is 16.6 Å². The third-order valence-corrected chi connectivity index (χ3v) is 4.76. The molecule has 0 bridgehead atoms. The summed E-state index contributed by atoms with van der Waals surface area (Å²) in [6.07, 6.45) is 0. The molecule has 0 aliphatic heterocycles. The number of nitrogens with zero attached hydrogens (tertiary/aromatic N) is 2. The van der Waals surface area contributed by atoms with Crippen LogP contribution in [0, 0.1) is 5.92 Å². The van der Waals surface area contributed by atoms with Crippen LogP contribution < -0.4 is 11.1 Å². The van der Waals surface area contributed by atoms with E-state index in [2.05, 4.69) is 24.2 Å². The highest BCUT2D eigenvalue weighted by molar-refractivity contribution is 14.0. The van der Waals surface area contributed by atoms with E-state index in [1.807, 2.05) is 0 Å². The normalized spacial score (nSPS) is 12.4. The third-order valence-electron chi connectivity index (χ3n) is 2.84. The van der Waals surface area contributed by atoms with Crippen LogP contribution in [0.1, 0.15) is 19.4 Å². The van der Waals surface area contributed by atoms with Gasteiger partial charge in [0.05, 0.1) is 11.4 Å². The molecule has 0 spiro atoms. The molecule has 0 aliphatic rings. The maximum atomic E-state index is 12.2. The molecule has 1 aromatic rings. The van der Waals surface area contributed by atoms with E-state index >= 15 is 0 Å². The topological polar surface area (TPSA) is 87.8 Å². The molecule has 6 nitrogen and oxygen atoms in total. The largest absolute Gasteiger partial charge is 0.370 e. The van der Waals surface area contributed by atoms with Crippen LogP contribution in [-0.4, -0.2) is 39.3 Å². The van der Waals surface area contributed by atoms with E-state index in [1.54, 1.807) is 24.3 Å².